The number of nitrogens with zero attached hydrogens (tertiary/aromatic N) is 4. The van der Waals surface area contributed by atoms with E-state index in [-0.39, 0.29) is 17.9 Å². The first-order valence-corrected chi connectivity index (χ1v) is 9.27. The van der Waals surface area contributed by atoms with Crippen molar-refractivity contribution in [1.29, 1.82) is 0 Å². The maximum Gasteiger partial charge on any atom is 0.329 e. The average Bonchev–Trinajstić information content (AvgIpc) is 3.01. The predicted octanol–water partition coefficient (Wildman–Crippen LogP) is 1.80. The molecule has 3 amide bonds. The highest BCUT2D eigenvalue weighted by atomic mass is 16.5. The van der Waals surface area contributed by atoms with E-state index in [1.165, 1.54) is 4.90 Å². The molecule has 1 aromatic heterocycles. The van der Waals surface area contributed by atoms with Crippen LogP contribution < -0.4 is 10.2 Å². The van der Waals surface area contributed by atoms with Gasteiger partial charge in [0.2, 0.25) is 5.91 Å². The fraction of sp³-hybridized carbons (Fsp3) is 0.526. The van der Waals surface area contributed by atoms with Crippen LogP contribution in [0.4, 0.5) is 10.6 Å². The topological polar surface area (TPSA) is 81.9 Å². The monoisotopic (exact) mass is 371 g/mol. The second-order valence-electron chi connectivity index (χ2n) is 8.04. The number of anilines is 1. The molecule has 0 atom stereocenters. The second kappa shape index (κ2) is 6.61. The number of urea groups is 1. The molecule has 2 aromatic rings. The molecule has 144 valence electrons. The first-order chi connectivity index (χ1) is 12.8. The molecule has 0 spiro atoms. The van der Waals surface area contributed by atoms with Gasteiger partial charge in [0, 0.05) is 44.7 Å². The predicted molar refractivity (Wildman–Crippen MR) is 101 cm³/mol. The van der Waals surface area contributed by atoms with Crippen molar-refractivity contribution in [3.8, 4) is 0 Å². The van der Waals surface area contributed by atoms with Gasteiger partial charge in [0.05, 0.1) is 5.39 Å². The van der Waals surface area contributed by atoms with Gasteiger partial charge in [0.25, 0.3) is 0 Å². The number of piperazine rings is 1. The molecule has 8 nitrogen and oxygen atoms in total. The van der Waals surface area contributed by atoms with E-state index in [9.17, 15) is 9.59 Å². The zero-order valence-corrected chi connectivity index (χ0v) is 16.0. The van der Waals surface area contributed by atoms with Gasteiger partial charge in [-0.05, 0) is 38.6 Å². The molecule has 3 heterocycles. The molecule has 0 aliphatic carbocycles. The molecule has 2 saturated heterocycles. The van der Waals surface area contributed by atoms with E-state index in [4.69, 9.17) is 4.52 Å². The van der Waals surface area contributed by atoms with Crippen LogP contribution in [0.15, 0.2) is 22.7 Å². The summed E-state index contributed by atoms with van der Waals surface area (Å²) in [6.07, 6.45) is 0.260. The van der Waals surface area contributed by atoms with Crippen molar-refractivity contribution in [2.24, 2.45) is 0 Å². The van der Waals surface area contributed by atoms with Crippen LogP contribution in [0.2, 0.25) is 0 Å². The lowest BCUT2D eigenvalue weighted by atomic mass is 9.99. The number of fused-ring (bicyclic) bond motifs is 1. The Morgan fingerprint density at radius 3 is 2.78 bits per heavy atom. The number of aromatic nitrogens is 1. The van der Waals surface area contributed by atoms with Gasteiger partial charge in [-0.1, -0.05) is 11.2 Å². The summed E-state index contributed by atoms with van der Waals surface area (Å²) in [5.74, 6) is 0.206. The molecule has 0 radical (unpaired) electrons. The minimum absolute atomic E-state index is 0.142. The number of carbonyl (C=O) groups excluding carboxylic acids is 2. The van der Waals surface area contributed by atoms with Gasteiger partial charge in [0.1, 0.15) is 0 Å². The van der Waals surface area contributed by atoms with Crippen LogP contribution in [0.5, 0.6) is 0 Å². The van der Waals surface area contributed by atoms with E-state index in [1.54, 1.807) is 0 Å². The summed E-state index contributed by atoms with van der Waals surface area (Å²) in [6.45, 7) is 8.72. The van der Waals surface area contributed by atoms with Crippen molar-refractivity contribution < 1.29 is 14.1 Å². The van der Waals surface area contributed by atoms with E-state index < -0.39 is 6.03 Å². The molecule has 1 aromatic carbocycles. The first-order valence-electron chi connectivity index (χ1n) is 9.27. The maximum atomic E-state index is 12.2. The van der Waals surface area contributed by atoms with Gasteiger partial charge in [-0.25, -0.2) is 4.79 Å². The Morgan fingerprint density at radius 1 is 1.22 bits per heavy atom. The molecule has 2 aliphatic rings. The number of imide groups is 1. The number of hydrogen-bond acceptors (Lipinski definition) is 6. The average molecular weight is 371 g/mol. The largest absolute Gasteiger partial charge is 0.354 e. The van der Waals surface area contributed by atoms with Gasteiger partial charge in [-0.2, -0.15) is 0 Å². The Morgan fingerprint density at radius 2 is 2.04 bits per heavy atom. The summed E-state index contributed by atoms with van der Waals surface area (Å²) >= 11 is 0. The van der Waals surface area contributed by atoms with Crippen molar-refractivity contribution in [3.63, 3.8) is 0 Å². The highest BCUT2D eigenvalue weighted by Gasteiger charge is 2.31. The Labute approximate surface area is 158 Å². The van der Waals surface area contributed by atoms with Gasteiger partial charge in [0.15, 0.2) is 11.4 Å². The third-order valence-electron chi connectivity index (χ3n) is 5.63. The second-order valence-corrected chi connectivity index (χ2v) is 8.04. The van der Waals surface area contributed by atoms with Crippen molar-refractivity contribution in [2.45, 2.75) is 32.4 Å². The minimum atomic E-state index is -0.451. The number of carbonyl (C=O) groups is 2. The standard InChI is InChI=1S/C19H25N5O3/c1-19(2)12-23(9-8-22(19)3)11-13-4-5-15-14(10-13)17(21-27-15)24-7-6-16(25)20-18(24)26/h4-5,10H,6-9,11-12H2,1-3H3,(H,20,25,26). The fourth-order valence-electron chi connectivity index (χ4n) is 3.77. The number of benzene rings is 1. The highest BCUT2D eigenvalue weighted by Crippen LogP contribution is 2.29. The summed E-state index contributed by atoms with van der Waals surface area (Å²) in [5.41, 5.74) is 1.93. The lowest BCUT2D eigenvalue weighted by molar-refractivity contribution is -0.120. The molecule has 2 aliphatic heterocycles. The van der Waals surface area contributed by atoms with Crippen molar-refractivity contribution in [1.82, 2.24) is 20.3 Å². The van der Waals surface area contributed by atoms with Gasteiger partial charge >= 0.3 is 6.03 Å². The van der Waals surface area contributed by atoms with E-state index in [0.29, 0.717) is 17.9 Å². The smallest absolute Gasteiger partial charge is 0.329 e. The molecule has 27 heavy (non-hydrogen) atoms. The lowest BCUT2D eigenvalue weighted by Crippen LogP contribution is -2.57. The molecule has 2 fully saturated rings. The van der Waals surface area contributed by atoms with Crippen LogP contribution in [-0.4, -0.2) is 65.7 Å². The van der Waals surface area contributed by atoms with Crippen LogP contribution in [0.3, 0.4) is 0 Å². The molecular weight excluding hydrogens is 346 g/mol. The number of nitrogens with one attached hydrogen (secondary N) is 1. The third-order valence-corrected chi connectivity index (χ3v) is 5.63. The number of hydrogen-bond donors (Lipinski definition) is 1. The Hall–Kier alpha value is -2.45. The van der Waals surface area contributed by atoms with Crippen LogP contribution in [0.25, 0.3) is 11.0 Å². The summed E-state index contributed by atoms with van der Waals surface area (Å²) in [5, 5.41) is 7.20. The summed E-state index contributed by atoms with van der Waals surface area (Å²) in [6, 6.07) is 5.53. The van der Waals surface area contributed by atoms with Crippen molar-refractivity contribution >= 4 is 28.7 Å². The highest BCUT2D eigenvalue weighted by molar-refractivity contribution is 6.08. The molecule has 0 bridgehead atoms. The summed E-state index contributed by atoms with van der Waals surface area (Å²) < 4.78 is 5.39. The zero-order valence-electron chi connectivity index (χ0n) is 16.0. The van der Waals surface area contributed by atoms with Crippen LogP contribution >= 0.6 is 0 Å². The van der Waals surface area contributed by atoms with Crippen molar-refractivity contribution in [3.05, 3.63) is 23.8 Å². The van der Waals surface area contributed by atoms with Gasteiger partial charge in [-0.3, -0.25) is 24.8 Å². The van der Waals surface area contributed by atoms with Crippen LogP contribution in [0.1, 0.15) is 25.8 Å². The third kappa shape index (κ3) is 3.42. The Kier molecular flexibility index (Phi) is 4.39. The van der Waals surface area contributed by atoms with Crippen LogP contribution in [0, 0.1) is 0 Å². The Balaban J connectivity index is 1.57. The van der Waals surface area contributed by atoms with Gasteiger partial charge < -0.3 is 4.52 Å². The molecular formula is C19H25N5O3. The van der Waals surface area contributed by atoms with E-state index in [1.807, 2.05) is 18.2 Å². The number of rotatable bonds is 3. The zero-order chi connectivity index (χ0) is 19.2. The van der Waals surface area contributed by atoms with Gasteiger partial charge in [-0.15, -0.1) is 0 Å². The summed E-state index contributed by atoms with van der Waals surface area (Å²) in [7, 11) is 2.17. The normalized spacial score (nSPS) is 21.7. The SMILES string of the molecule is CN1CCN(Cc2ccc3onc(N4CCC(=O)NC4=O)c3c2)CC1(C)C. The fourth-order valence-corrected chi connectivity index (χ4v) is 3.77. The van der Waals surface area contributed by atoms with E-state index in [0.717, 1.165) is 37.1 Å². The number of amides is 3. The van der Waals surface area contributed by atoms with Crippen LogP contribution in [-0.2, 0) is 11.3 Å². The molecule has 8 heteroatoms. The molecule has 0 unspecified atom stereocenters. The lowest BCUT2D eigenvalue weighted by Gasteiger charge is -2.45. The van der Waals surface area contributed by atoms with E-state index >= 15 is 0 Å². The summed E-state index contributed by atoms with van der Waals surface area (Å²) in [4.78, 5) is 29.8. The molecule has 0 saturated carbocycles. The molecule has 4 rings (SSSR count). The quantitative estimate of drug-likeness (QED) is 0.886. The van der Waals surface area contributed by atoms with E-state index in [2.05, 4.69) is 41.2 Å². The van der Waals surface area contributed by atoms with Crippen molar-refractivity contribution in [2.75, 3.05) is 38.1 Å². The maximum absolute atomic E-state index is 12.2. The first kappa shape index (κ1) is 17.9. The Bertz CT molecular complexity index is 891. The number of likely N-dealkylation sites (N-methyl/N-ethyl adjacent to an activating group) is 1. The molecule has 1 N–H and O–H groups in total. The minimum Gasteiger partial charge on any atom is -0.354 e.